The summed E-state index contributed by atoms with van der Waals surface area (Å²) in [4.78, 5) is 17.2. The van der Waals surface area contributed by atoms with Gasteiger partial charge in [-0.05, 0) is 46.9 Å². The maximum Gasteiger partial charge on any atom is 0.239 e. The fraction of sp³-hybridized carbons (Fsp3) is 0.346. The summed E-state index contributed by atoms with van der Waals surface area (Å²) in [7, 11) is 0. The van der Waals surface area contributed by atoms with Crippen LogP contribution in [0, 0.1) is 0 Å². The quantitative estimate of drug-likeness (QED) is 0.580. The number of benzene rings is 3. The van der Waals surface area contributed by atoms with Crippen LogP contribution in [0.25, 0.3) is 10.8 Å². The molecule has 1 fully saturated rings. The van der Waals surface area contributed by atoms with Gasteiger partial charge < -0.3 is 16.4 Å². The first-order valence-corrected chi connectivity index (χ1v) is 11.6. The van der Waals surface area contributed by atoms with Crippen LogP contribution in [-0.4, -0.2) is 60.5 Å². The van der Waals surface area contributed by atoms with E-state index >= 15 is 0 Å². The molecule has 0 saturated carbocycles. The Balaban J connectivity index is 1.32. The van der Waals surface area contributed by atoms with Crippen LogP contribution in [0.1, 0.15) is 11.1 Å². The molecule has 1 amide bonds. The maximum atomic E-state index is 13.0. The number of hydrogen-bond acceptors (Lipinski definition) is 4. The molecule has 0 radical (unpaired) electrons. The average Bonchev–Trinajstić information content (AvgIpc) is 2.83. The second-order valence-corrected chi connectivity index (χ2v) is 9.01. The molecule has 32 heavy (non-hydrogen) atoms. The van der Waals surface area contributed by atoms with Crippen molar-refractivity contribution in [3.05, 3.63) is 82.9 Å². The molecule has 168 valence electrons. The zero-order chi connectivity index (χ0) is 22.5. The van der Waals surface area contributed by atoms with Gasteiger partial charge >= 0.3 is 0 Å². The van der Waals surface area contributed by atoms with Gasteiger partial charge in [0.15, 0.2) is 0 Å². The molecule has 0 aromatic heterocycles. The van der Waals surface area contributed by atoms with E-state index in [1.807, 2.05) is 29.2 Å². The van der Waals surface area contributed by atoms with E-state index < -0.39 is 6.04 Å². The fourth-order valence-electron chi connectivity index (χ4n) is 4.47. The predicted molar refractivity (Wildman–Crippen MR) is 132 cm³/mol. The van der Waals surface area contributed by atoms with E-state index in [1.165, 1.54) is 16.3 Å². The summed E-state index contributed by atoms with van der Waals surface area (Å²) >= 11 is 5.95. The molecule has 3 aromatic carbocycles. The summed E-state index contributed by atoms with van der Waals surface area (Å²) in [5.74, 6) is -0.00687. The lowest BCUT2D eigenvalue weighted by Gasteiger charge is -2.41. The number of fused-ring (bicyclic) bond motifs is 1. The normalized spacial score (nSPS) is 18.1. The van der Waals surface area contributed by atoms with Crippen molar-refractivity contribution in [2.45, 2.75) is 24.9 Å². The van der Waals surface area contributed by atoms with Gasteiger partial charge in [0.25, 0.3) is 0 Å². The molecule has 4 rings (SSSR count). The summed E-state index contributed by atoms with van der Waals surface area (Å²) in [6.07, 6.45) is 1.47. The summed E-state index contributed by atoms with van der Waals surface area (Å²) < 4.78 is 0. The molecule has 0 spiro atoms. The number of carbonyl (C=O) groups excluding carboxylic acids is 1. The number of rotatable bonds is 7. The van der Waals surface area contributed by atoms with Gasteiger partial charge in [0.05, 0.1) is 6.04 Å². The Morgan fingerprint density at radius 3 is 2.47 bits per heavy atom. The van der Waals surface area contributed by atoms with Crippen LogP contribution in [0.2, 0.25) is 5.02 Å². The summed E-state index contributed by atoms with van der Waals surface area (Å²) in [6.45, 7) is 3.57. The van der Waals surface area contributed by atoms with Crippen LogP contribution >= 0.6 is 11.6 Å². The first-order valence-electron chi connectivity index (χ1n) is 11.2. The van der Waals surface area contributed by atoms with Gasteiger partial charge in [-0.25, -0.2) is 0 Å². The molecular weight excluding hydrogens is 420 g/mol. The minimum absolute atomic E-state index is 0.00687. The van der Waals surface area contributed by atoms with Gasteiger partial charge in [-0.15, -0.1) is 0 Å². The zero-order valence-corrected chi connectivity index (χ0v) is 19.0. The van der Waals surface area contributed by atoms with E-state index in [2.05, 4.69) is 47.4 Å². The lowest BCUT2D eigenvalue weighted by molar-refractivity contribution is -0.135. The molecule has 1 aliphatic rings. The SMILES string of the molecule is NCC1CN(C(=O)C(N)Cc2ccc(Cl)cc2)CCN1CCc1ccc2ccccc2c1. The molecule has 1 aliphatic heterocycles. The Labute approximate surface area is 194 Å². The van der Waals surface area contributed by atoms with Crippen LogP contribution in [0.15, 0.2) is 66.7 Å². The summed E-state index contributed by atoms with van der Waals surface area (Å²) in [5, 5.41) is 3.21. The van der Waals surface area contributed by atoms with E-state index in [9.17, 15) is 4.79 Å². The number of nitrogens with zero attached hydrogens (tertiary/aromatic N) is 2. The van der Waals surface area contributed by atoms with E-state index in [0.717, 1.165) is 25.1 Å². The number of piperazine rings is 1. The Kier molecular flexibility index (Phi) is 7.43. The third-order valence-corrected chi connectivity index (χ3v) is 6.63. The van der Waals surface area contributed by atoms with Crippen molar-refractivity contribution in [1.29, 1.82) is 0 Å². The van der Waals surface area contributed by atoms with Crippen molar-refractivity contribution in [3.8, 4) is 0 Å². The second-order valence-electron chi connectivity index (χ2n) is 8.58. The number of hydrogen-bond donors (Lipinski definition) is 2. The lowest BCUT2D eigenvalue weighted by Crippen LogP contribution is -2.60. The molecular formula is C26H31ClN4O. The topological polar surface area (TPSA) is 75.6 Å². The highest BCUT2D eigenvalue weighted by Crippen LogP contribution is 2.18. The molecule has 2 atom stereocenters. The number of carbonyl (C=O) groups is 1. The predicted octanol–water partition coefficient (Wildman–Crippen LogP) is 3.08. The van der Waals surface area contributed by atoms with Gasteiger partial charge in [0.2, 0.25) is 5.91 Å². The van der Waals surface area contributed by atoms with E-state index in [4.69, 9.17) is 23.1 Å². The van der Waals surface area contributed by atoms with Crippen molar-refractivity contribution in [2.75, 3.05) is 32.7 Å². The Hall–Kier alpha value is -2.44. The highest BCUT2D eigenvalue weighted by atomic mass is 35.5. The monoisotopic (exact) mass is 450 g/mol. The number of amides is 1. The molecule has 0 bridgehead atoms. The molecule has 3 aromatic rings. The molecule has 5 nitrogen and oxygen atoms in total. The third kappa shape index (κ3) is 5.48. The third-order valence-electron chi connectivity index (χ3n) is 6.38. The van der Waals surface area contributed by atoms with Crippen LogP contribution in [0.5, 0.6) is 0 Å². The first-order chi connectivity index (χ1) is 15.5. The average molecular weight is 451 g/mol. The van der Waals surface area contributed by atoms with Gasteiger partial charge in [-0.2, -0.15) is 0 Å². The van der Waals surface area contributed by atoms with E-state index in [-0.39, 0.29) is 11.9 Å². The summed E-state index contributed by atoms with van der Waals surface area (Å²) in [5.41, 5.74) is 14.7. The molecule has 4 N–H and O–H groups in total. The maximum absolute atomic E-state index is 13.0. The van der Waals surface area contributed by atoms with E-state index in [1.54, 1.807) is 0 Å². The van der Waals surface area contributed by atoms with Gasteiger partial charge in [0.1, 0.15) is 0 Å². The van der Waals surface area contributed by atoms with Crippen molar-refractivity contribution >= 4 is 28.3 Å². The minimum atomic E-state index is -0.557. The van der Waals surface area contributed by atoms with Crippen molar-refractivity contribution in [1.82, 2.24) is 9.80 Å². The smallest absolute Gasteiger partial charge is 0.239 e. The number of nitrogens with two attached hydrogens (primary N) is 2. The van der Waals surface area contributed by atoms with Crippen molar-refractivity contribution in [3.63, 3.8) is 0 Å². The molecule has 2 unspecified atom stereocenters. The highest BCUT2D eigenvalue weighted by Gasteiger charge is 2.30. The minimum Gasteiger partial charge on any atom is -0.338 e. The van der Waals surface area contributed by atoms with Crippen LogP contribution in [0.3, 0.4) is 0 Å². The van der Waals surface area contributed by atoms with Gasteiger partial charge in [0, 0.05) is 43.8 Å². The van der Waals surface area contributed by atoms with Crippen molar-refractivity contribution in [2.24, 2.45) is 11.5 Å². The zero-order valence-electron chi connectivity index (χ0n) is 18.3. The van der Waals surface area contributed by atoms with Gasteiger partial charge in [-0.1, -0.05) is 66.2 Å². The molecule has 1 saturated heterocycles. The highest BCUT2D eigenvalue weighted by molar-refractivity contribution is 6.30. The second kappa shape index (κ2) is 10.5. The van der Waals surface area contributed by atoms with Crippen LogP contribution in [0.4, 0.5) is 0 Å². The number of halogens is 1. The standard InChI is InChI=1S/C26H31ClN4O/c27-23-9-6-19(7-10-23)16-25(29)26(32)31-14-13-30(24(17-28)18-31)12-11-20-5-8-21-3-1-2-4-22(21)15-20/h1-10,15,24-25H,11-14,16-18,28-29H2. The van der Waals surface area contributed by atoms with E-state index in [0.29, 0.717) is 31.1 Å². The molecule has 1 heterocycles. The fourth-order valence-corrected chi connectivity index (χ4v) is 4.60. The van der Waals surface area contributed by atoms with Crippen LogP contribution < -0.4 is 11.5 Å². The molecule has 0 aliphatic carbocycles. The Morgan fingerprint density at radius 2 is 1.72 bits per heavy atom. The lowest BCUT2D eigenvalue weighted by atomic mass is 10.0. The van der Waals surface area contributed by atoms with Crippen molar-refractivity contribution < 1.29 is 4.79 Å². The Bertz CT molecular complexity index is 1060. The molecule has 6 heteroatoms. The Morgan fingerprint density at radius 1 is 1.00 bits per heavy atom. The van der Waals surface area contributed by atoms with Crippen LogP contribution in [-0.2, 0) is 17.6 Å². The largest absolute Gasteiger partial charge is 0.338 e. The van der Waals surface area contributed by atoms with Gasteiger partial charge in [-0.3, -0.25) is 9.69 Å². The summed E-state index contributed by atoms with van der Waals surface area (Å²) in [6, 6.07) is 22.2. The first kappa shape index (κ1) is 22.7.